The molecule has 1 aliphatic rings. The Kier molecular flexibility index (Phi) is 7.13. The SMILES string of the molecule is Cc1ncsc1-c1ccc(CCNC(=O)[C@@H]2C[C@@H](O)CN2C(=O)[C@@H](N)C(C)(C)C)cc1. The number of nitrogens with one attached hydrogen (secondary N) is 1. The van der Waals surface area contributed by atoms with E-state index in [0.717, 1.165) is 21.7 Å². The summed E-state index contributed by atoms with van der Waals surface area (Å²) in [4.78, 5) is 32.4. The minimum Gasteiger partial charge on any atom is -0.391 e. The lowest BCUT2D eigenvalue weighted by Gasteiger charge is -2.32. The van der Waals surface area contributed by atoms with E-state index in [1.807, 2.05) is 33.2 Å². The molecule has 2 amide bonds. The van der Waals surface area contributed by atoms with Crippen molar-refractivity contribution in [3.8, 4) is 10.4 Å². The van der Waals surface area contributed by atoms with Crippen molar-refractivity contribution in [3.63, 3.8) is 0 Å². The van der Waals surface area contributed by atoms with Crippen LogP contribution in [-0.2, 0) is 16.0 Å². The van der Waals surface area contributed by atoms with Crippen molar-refractivity contribution in [1.82, 2.24) is 15.2 Å². The Balaban J connectivity index is 1.56. The highest BCUT2D eigenvalue weighted by atomic mass is 32.1. The van der Waals surface area contributed by atoms with Gasteiger partial charge in [-0.3, -0.25) is 9.59 Å². The Morgan fingerprint density at radius 3 is 2.58 bits per heavy atom. The van der Waals surface area contributed by atoms with Crippen LogP contribution >= 0.6 is 11.3 Å². The Morgan fingerprint density at radius 2 is 2.00 bits per heavy atom. The Hall–Kier alpha value is -2.29. The van der Waals surface area contributed by atoms with E-state index < -0.39 is 23.6 Å². The molecule has 31 heavy (non-hydrogen) atoms. The topological polar surface area (TPSA) is 109 Å². The second-order valence-corrected chi connectivity index (χ2v) is 10.1. The highest BCUT2D eigenvalue weighted by Gasteiger charge is 2.42. The van der Waals surface area contributed by atoms with Crippen LogP contribution in [0.15, 0.2) is 29.8 Å². The van der Waals surface area contributed by atoms with Crippen LogP contribution < -0.4 is 11.1 Å². The summed E-state index contributed by atoms with van der Waals surface area (Å²) in [7, 11) is 0. The normalized spacial score (nSPS) is 20.0. The maximum Gasteiger partial charge on any atom is 0.242 e. The molecule has 2 aromatic rings. The maximum absolute atomic E-state index is 12.8. The molecule has 0 bridgehead atoms. The lowest BCUT2D eigenvalue weighted by Crippen LogP contribution is -2.55. The van der Waals surface area contributed by atoms with Gasteiger partial charge in [0.2, 0.25) is 11.8 Å². The van der Waals surface area contributed by atoms with Crippen molar-refractivity contribution in [1.29, 1.82) is 0 Å². The van der Waals surface area contributed by atoms with Gasteiger partial charge in [0.05, 0.1) is 28.2 Å². The number of aliphatic hydroxyl groups is 1. The van der Waals surface area contributed by atoms with E-state index in [9.17, 15) is 14.7 Å². The fraction of sp³-hybridized carbons (Fsp3) is 0.522. The number of β-amino-alcohol motifs (C(OH)–C–C–N with tert-alkyl or cyclic N) is 1. The van der Waals surface area contributed by atoms with Gasteiger partial charge in [0.1, 0.15) is 6.04 Å². The van der Waals surface area contributed by atoms with E-state index >= 15 is 0 Å². The van der Waals surface area contributed by atoms with Crippen molar-refractivity contribution in [2.45, 2.75) is 58.7 Å². The average molecular weight is 445 g/mol. The second kappa shape index (κ2) is 9.46. The Labute approximate surface area is 187 Å². The second-order valence-electron chi connectivity index (χ2n) is 9.24. The van der Waals surface area contributed by atoms with Crippen LogP contribution in [0.3, 0.4) is 0 Å². The van der Waals surface area contributed by atoms with Gasteiger partial charge in [-0.2, -0.15) is 0 Å². The molecule has 0 unspecified atom stereocenters. The third kappa shape index (κ3) is 5.50. The molecule has 168 valence electrons. The van der Waals surface area contributed by atoms with E-state index in [1.54, 1.807) is 11.3 Å². The molecule has 4 N–H and O–H groups in total. The number of thiazole rings is 1. The summed E-state index contributed by atoms with van der Waals surface area (Å²) in [6, 6.07) is 6.83. The number of likely N-dealkylation sites (tertiary alicyclic amines) is 1. The summed E-state index contributed by atoms with van der Waals surface area (Å²) in [5.74, 6) is -0.541. The number of carbonyl (C=O) groups excluding carboxylic acids is 2. The first kappa shape index (κ1) is 23.4. The van der Waals surface area contributed by atoms with Crippen LogP contribution in [0.25, 0.3) is 10.4 Å². The molecule has 3 rings (SSSR count). The molecule has 0 saturated carbocycles. The summed E-state index contributed by atoms with van der Waals surface area (Å²) >= 11 is 1.62. The zero-order valence-corrected chi connectivity index (χ0v) is 19.4. The predicted octanol–water partition coefficient (Wildman–Crippen LogP) is 2.11. The molecular formula is C23H32N4O3S. The summed E-state index contributed by atoms with van der Waals surface area (Å²) in [5.41, 5.74) is 10.8. The van der Waals surface area contributed by atoms with Crippen LogP contribution in [0.5, 0.6) is 0 Å². The van der Waals surface area contributed by atoms with Crippen molar-refractivity contribution in [3.05, 3.63) is 41.0 Å². The van der Waals surface area contributed by atoms with Gasteiger partial charge in [-0.25, -0.2) is 4.98 Å². The number of aryl methyl sites for hydroxylation is 1. The summed E-state index contributed by atoms with van der Waals surface area (Å²) in [5, 5.41) is 13.0. The maximum atomic E-state index is 12.8. The highest BCUT2D eigenvalue weighted by molar-refractivity contribution is 7.13. The molecule has 1 aromatic heterocycles. The number of benzene rings is 1. The number of aliphatic hydroxyl groups excluding tert-OH is 1. The van der Waals surface area contributed by atoms with Gasteiger partial charge in [-0.05, 0) is 29.9 Å². The van der Waals surface area contributed by atoms with E-state index in [4.69, 9.17) is 5.73 Å². The first-order valence-electron chi connectivity index (χ1n) is 10.6. The number of amides is 2. The largest absolute Gasteiger partial charge is 0.391 e. The van der Waals surface area contributed by atoms with Crippen LogP contribution in [0.2, 0.25) is 0 Å². The fourth-order valence-electron chi connectivity index (χ4n) is 3.70. The number of carbonyl (C=O) groups is 2. The van der Waals surface area contributed by atoms with Crippen LogP contribution in [-0.4, -0.2) is 58.1 Å². The molecule has 3 atom stereocenters. The van der Waals surface area contributed by atoms with Crippen molar-refractivity contribution >= 4 is 23.2 Å². The molecule has 7 nitrogen and oxygen atoms in total. The molecule has 1 saturated heterocycles. The van der Waals surface area contributed by atoms with E-state index in [-0.39, 0.29) is 24.8 Å². The van der Waals surface area contributed by atoms with Gasteiger partial charge in [0.25, 0.3) is 0 Å². The van der Waals surface area contributed by atoms with Gasteiger partial charge in [0.15, 0.2) is 0 Å². The summed E-state index contributed by atoms with van der Waals surface area (Å²) in [6.45, 7) is 8.25. The zero-order chi connectivity index (χ0) is 22.8. The number of nitrogens with zero attached hydrogens (tertiary/aromatic N) is 2. The molecule has 0 spiro atoms. The van der Waals surface area contributed by atoms with Crippen LogP contribution in [0.4, 0.5) is 0 Å². The molecule has 1 aromatic carbocycles. The van der Waals surface area contributed by atoms with Crippen molar-refractivity contribution < 1.29 is 14.7 Å². The van der Waals surface area contributed by atoms with Crippen LogP contribution in [0.1, 0.15) is 38.4 Å². The third-order valence-electron chi connectivity index (χ3n) is 5.74. The van der Waals surface area contributed by atoms with E-state index in [0.29, 0.717) is 13.0 Å². The Bertz CT molecular complexity index is 920. The predicted molar refractivity (Wildman–Crippen MR) is 123 cm³/mol. The molecule has 0 aliphatic carbocycles. The summed E-state index contributed by atoms with van der Waals surface area (Å²) in [6.07, 6.45) is 0.199. The van der Waals surface area contributed by atoms with Crippen LogP contribution in [0, 0.1) is 12.3 Å². The third-order valence-corrected chi connectivity index (χ3v) is 6.72. The minimum absolute atomic E-state index is 0.138. The minimum atomic E-state index is -0.728. The fourth-order valence-corrected chi connectivity index (χ4v) is 4.52. The van der Waals surface area contributed by atoms with Gasteiger partial charge < -0.3 is 21.1 Å². The van der Waals surface area contributed by atoms with Crippen molar-refractivity contribution in [2.24, 2.45) is 11.1 Å². The Morgan fingerprint density at radius 1 is 1.32 bits per heavy atom. The number of aromatic nitrogens is 1. The standard InChI is InChI=1S/C23H32N4O3S/c1-14-19(31-13-26-14)16-7-5-15(6-8-16)9-10-25-21(29)18-11-17(28)12-27(18)22(30)20(24)23(2,3)4/h5-8,13,17-18,20,28H,9-12,24H2,1-4H3,(H,25,29)/t17-,18+,20-/m1/s1. The molecule has 8 heteroatoms. The molecule has 2 heterocycles. The molecule has 1 aliphatic heterocycles. The van der Waals surface area contributed by atoms with Gasteiger partial charge in [-0.15, -0.1) is 11.3 Å². The molecule has 0 radical (unpaired) electrons. The lowest BCUT2D eigenvalue weighted by molar-refractivity contribution is -0.141. The first-order valence-corrected chi connectivity index (χ1v) is 11.5. The van der Waals surface area contributed by atoms with Gasteiger partial charge >= 0.3 is 0 Å². The lowest BCUT2D eigenvalue weighted by atomic mass is 9.86. The monoisotopic (exact) mass is 444 g/mol. The highest BCUT2D eigenvalue weighted by Crippen LogP contribution is 2.27. The van der Waals surface area contributed by atoms with Gasteiger partial charge in [0, 0.05) is 19.5 Å². The number of hydrogen-bond donors (Lipinski definition) is 3. The molecule has 1 fully saturated rings. The van der Waals surface area contributed by atoms with Crippen molar-refractivity contribution in [2.75, 3.05) is 13.1 Å². The quantitative estimate of drug-likeness (QED) is 0.632. The number of rotatable bonds is 6. The van der Waals surface area contributed by atoms with Gasteiger partial charge in [-0.1, -0.05) is 45.0 Å². The van der Waals surface area contributed by atoms with E-state index in [2.05, 4.69) is 34.6 Å². The van der Waals surface area contributed by atoms with E-state index in [1.165, 1.54) is 4.90 Å². The summed E-state index contributed by atoms with van der Waals surface area (Å²) < 4.78 is 0. The average Bonchev–Trinajstić information content (AvgIpc) is 3.32. The zero-order valence-electron chi connectivity index (χ0n) is 18.6. The smallest absolute Gasteiger partial charge is 0.242 e. The molecular weight excluding hydrogens is 412 g/mol. The number of hydrogen-bond acceptors (Lipinski definition) is 6. The first-order chi connectivity index (χ1) is 14.6. The number of nitrogens with two attached hydrogens (primary N) is 1.